The number of benzene rings is 1. The number of fused-ring (bicyclic) bond motifs is 1. The van der Waals surface area contributed by atoms with Gasteiger partial charge in [0, 0.05) is 24.5 Å². The molecule has 0 spiro atoms. The molecule has 20 heavy (non-hydrogen) atoms. The van der Waals surface area contributed by atoms with E-state index in [0.717, 1.165) is 23.1 Å². The van der Waals surface area contributed by atoms with E-state index in [2.05, 4.69) is 10.3 Å². The highest BCUT2D eigenvalue weighted by molar-refractivity contribution is 5.79. The third-order valence-corrected chi connectivity index (χ3v) is 3.83. The van der Waals surface area contributed by atoms with E-state index in [1.54, 1.807) is 6.20 Å². The fourth-order valence-electron chi connectivity index (χ4n) is 2.69. The van der Waals surface area contributed by atoms with Crippen LogP contribution < -0.4 is 10.1 Å². The first-order valence-electron chi connectivity index (χ1n) is 7.12. The molecule has 0 aliphatic heterocycles. The summed E-state index contributed by atoms with van der Waals surface area (Å²) in [6.07, 6.45) is 2.98. The summed E-state index contributed by atoms with van der Waals surface area (Å²) in [5, 5.41) is 4.36. The molecule has 1 aliphatic carbocycles. The van der Waals surface area contributed by atoms with Crippen molar-refractivity contribution in [2.45, 2.75) is 31.6 Å². The fourth-order valence-corrected chi connectivity index (χ4v) is 2.69. The molecule has 106 valence electrons. The van der Waals surface area contributed by atoms with Crippen LogP contribution in [0.1, 0.15) is 13.3 Å². The van der Waals surface area contributed by atoms with Gasteiger partial charge in [-0.2, -0.15) is 0 Å². The average Bonchev–Trinajstić information content (AvgIpc) is 2.48. The van der Waals surface area contributed by atoms with E-state index in [1.807, 2.05) is 44.3 Å². The summed E-state index contributed by atoms with van der Waals surface area (Å²) < 4.78 is 11.8. The highest BCUT2D eigenvalue weighted by Crippen LogP contribution is 2.29. The molecular weight excluding hydrogens is 252 g/mol. The Kier molecular flexibility index (Phi) is 3.85. The lowest BCUT2D eigenvalue weighted by Crippen LogP contribution is -2.60. The van der Waals surface area contributed by atoms with Crippen molar-refractivity contribution in [2.75, 3.05) is 13.7 Å². The molecule has 3 rings (SSSR count). The first-order chi connectivity index (χ1) is 9.81. The van der Waals surface area contributed by atoms with Gasteiger partial charge >= 0.3 is 0 Å². The summed E-state index contributed by atoms with van der Waals surface area (Å²) in [6, 6.07) is 10.5. The van der Waals surface area contributed by atoms with Crippen LogP contribution in [-0.4, -0.2) is 36.9 Å². The smallest absolute Gasteiger partial charge is 0.138 e. The molecule has 4 nitrogen and oxygen atoms in total. The van der Waals surface area contributed by atoms with E-state index in [4.69, 9.17) is 9.47 Å². The van der Waals surface area contributed by atoms with Crippen LogP contribution in [0, 0.1) is 0 Å². The lowest BCUT2D eigenvalue weighted by Gasteiger charge is -2.43. The minimum Gasteiger partial charge on any atom is -0.486 e. The second-order valence-electron chi connectivity index (χ2n) is 5.07. The van der Waals surface area contributed by atoms with Gasteiger partial charge in [0.1, 0.15) is 18.0 Å². The van der Waals surface area contributed by atoms with E-state index < -0.39 is 0 Å². The van der Waals surface area contributed by atoms with Gasteiger partial charge in [-0.15, -0.1) is 0 Å². The van der Waals surface area contributed by atoms with E-state index in [9.17, 15) is 0 Å². The summed E-state index contributed by atoms with van der Waals surface area (Å²) >= 11 is 0. The third kappa shape index (κ3) is 2.49. The minimum atomic E-state index is 0.107. The maximum Gasteiger partial charge on any atom is 0.138 e. The Morgan fingerprint density at radius 1 is 1.35 bits per heavy atom. The normalized spacial score (nSPS) is 25.4. The van der Waals surface area contributed by atoms with Crippen LogP contribution in [0.3, 0.4) is 0 Å². The van der Waals surface area contributed by atoms with Crippen molar-refractivity contribution < 1.29 is 9.47 Å². The van der Waals surface area contributed by atoms with Gasteiger partial charge in [0.2, 0.25) is 0 Å². The van der Waals surface area contributed by atoms with Crippen LogP contribution >= 0.6 is 0 Å². The Labute approximate surface area is 119 Å². The molecule has 3 atom stereocenters. The van der Waals surface area contributed by atoms with Gasteiger partial charge in [-0.1, -0.05) is 18.2 Å². The van der Waals surface area contributed by atoms with E-state index in [1.165, 1.54) is 0 Å². The molecule has 1 N–H and O–H groups in total. The Bertz CT molecular complexity index is 587. The van der Waals surface area contributed by atoms with Gasteiger partial charge < -0.3 is 14.8 Å². The standard InChI is InChI=1S/C16H20N2O2/c1-3-19-16-14(17-2)9-15(16)20-12-8-11-6-4-5-7-13(11)18-10-12/h4-8,10,14-17H,3,9H2,1-2H3. The maximum atomic E-state index is 6.03. The minimum absolute atomic E-state index is 0.107. The van der Waals surface area contributed by atoms with E-state index >= 15 is 0 Å². The van der Waals surface area contributed by atoms with Crippen LogP contribution in [0.25, 0.3) is 10.9 Å². The summed E-state index contributed by atoms with van der Waals surface area (Å²) in [5.74, 6) is 0.813. The molecule has 0 radical (unpaired) electrons. The molecule has 3 unspecified atom stereocenters. The van der Waals surface area contributed by atoms with Crippen molar-refractivity contribution in [3.05, 3.63) is 36.5 Å². The topological polar surface area (TPSA) is 43.4 Å². The van der Waals surface area contributed by atoms with Gasteiger partial charge in [-0.3, -0.25) is 4.98 Å². The molecule has 1 aromatic heterocycles. The zero-order valence-electron chi connectivity index (χ0n) is 11.9. The number of para-hydroxylation sites is 1. The number of aromatic nitrogens is 1. The second kappa shape index (κ2) is 5.77. The summed E-state index contributed by atoms with van der Waals surface area (Å²) in [7, 11) is 1.96. The molecule has 1 aromatic carbocycles. The molecule has 0 bridgehead atoms. The summed E-state index contributed by atoms with van der Waals surface area (Å²) in [6.45, 7) is 2.72. The first-order valence-corrected chi connectivity index (χ1v) is 7.12. The average molecular weight is 272 g/mol. The Morgan fingerprint density at radius 3 is 3.00 bits per heavy atom. The van der Waals surface area contributed by atoms with Crippen molar-refractivity contribution >= 4 is 10.9 Å². The van der Waals surface area contributed by atoms with Crippen molar-refractivity contribution in [2.24, 2.45) is 0 Å². The highest BCUT2D eigenvalue weighted by Gasteiger charge is 2.42. The predicted molar refractivity (Wildman–Crippen MR) is 79.0 cm³/mol. The van der Waals surface area contributed by atoms with Crippen LogP contribution in [0.5, 0.6) is 5.75 Å². The van der Waals surface area contributed by atoms with Crippen LogP contribution in [0.2, 0.25) is 0 Å². The van der Waals surface area contributed by atoms with Gasteiger partial charge in [-0.25, -0.2) is 0 Å². The van der Waals surface area contributed by atoms with Crippen molar-refractivity contribution in [1.82, 2.24) is 10.3 Å². The van der Waals surface area contributed by atoms with Crippen LogP contribution in [0.15, 0.2) is 36.5 Å². The number of likely N-dealkylation sites (N-methyl/N-ethyl adjacent to an activating group) is 1. The Balaban J connectivity index is 1.73. The summed E-state index contributed by atoms with van der Waals surface area (Å²) in [4.78, 5) is 4.42. The molecule has 1 aliphatic rings. The number of nitrogens with one attached hydrogen (secondary N) is 1. The molecular formula is C16H20N2O2. The van der Waals surface area contributed by atoms with Gasteiger partial charge in [0.25, 0.3) is 0 Å². The number of hydrogen-bond acceptors (Lipinski definition) is 4. The number of hydrogen-bond donors (Lipinski definition) is 1. The molecule has 1 fully saturated rings. The quantitative estimate of drug-likeness (QED) is 0.907. The lowest BCUT2D eigenvalue weighted by atomic mass is 9.85. The summed E-state index contributed by atoms with van der Waals surface area (Å²) in [5.41, 5.74) is 0.989. The molecule has 1 saturated carbocycles. The van der Waals surface area contributed by atoms with Gasteiger partial charge in [0.15, 0.2) is 0 Å². The van der Waals surface area contributed by atoms with Crippen LogP contribution in [0.4, 0.5) is 0 Å². The molecule has 1 heterocycles. The fraction of sp³-hybridized carbons (Fsp3) is 0.438. The number of pyridine rings is 1. The molecule has 2 aromatic rings. The highest BCUT2D eigenvalue weighted by atomic mass is 16.5. The Morgan fingerprint density at radius 2 is 2.20 bits per heavy atom. The predicted octanol–water partition coefficient (Wildman–Crippen LogP) is 2.38. The lowest BCUT2D eigenvalue weighted by molar-refractivity contribution is -0.103. The second-order valence-corrected chi connectivity index (χ2v) is 5.07. The monoisotopic (exact) mass is 272 g/mol. The Hall–Kier alpha value is -1.65. The molecule has 0 amide bonds. The van der Waals surface area contributed by atoms with Crippen LogP contribution in [-0.2, 0) is 4.74 Å². The van der Waals surface area contributed by atoms with E-state index in [-0.39, 0.29) is 12.2 Å². The van der Waals surface area contributed by atoms with Crippen molar-refractivity contribution in [3.8, 4) is 5.75 Å². The van der Waals surface area contributed by atoms with Gasteiger partial charge in [0.05, 0.1) is 11.7 Å². The van der Waals surface area contributed by atoms with Crippen molar-refractivity contribution in [3.63, 3.8) is 0 Å². The SMILES string of the molecule is CCOC1C(NC)CC1Oc1cnc2ccccc2c1. The third-order valence-electron chi connectivity index (χ3n) is 3.83. The van der Waals surface area contributed by atoms with E-state index in [0.29, 0.717) is 12.6 Å². The number of nitrogens with zero attached hydrogens (tertiary/aromatic N) is 1. The molecule has 4 heteroatoms. The van der Waals surface area contributed by atoms with Crippen molar-refractivity contribution in [1.29, 1.82) is 0 Å². The number of ether oxygens (including phenoxy) is 2. The molecule has 0 saturated heterocycles. The zero-order chi connectivity index (χ0) is 13.9. The van der Waals surface area contributed by atoms with Gasteiger partial charge in [-0.05, 0) is 26.1 Å². The largest absolute Gasteiger partial charge is 0.486 e. The zero-order valence-corrected chi connectivity index (χ0v) is 11.9. The first kappa shape index (κ1) is 13.3. The maximum absolute atomic E-state index is 6.03. The number of rotatable bonds is 5.